The summed E-state index contributed by atoms with van der Waals surface area (Å²) in [6.07, 6.45) is 13.4. The molecule has 2 unspecified atom stereocenters. The van der Waals surface area contributed by atoms with E-state index in [1.54, 1.807) is 119 Å². The SMILES string of the molecule is Cn1cnc2c(Oc3ccc(/C=C/C(C(=O)C(/C=C/c4ccc(Oc5ncnc6c5ncn6C)cc4)c4ccc(NS(=O)(=O)c5ccc(C(C)(C)C)cc5)cc4)c4ccc(NS(=O)(=O)c5ccc(C(C)(C)C)cc5)cc4)cc3)ncnc21. The second kappa shape index (κ2) is 22.7. The van der Waals surface area contributed by atoms with Crippen molar-refractivity contribution in [3.05, 3.63) is 216 Å². The van der Waals surface area contributed by atoms with Gasteiger partial charge in [-0.3, -0.25) is 14.2 Å². The Morgan fingerprint density at radius 2 is 0.829 bits per heavy atom. The van der Waals surface area contributed by atoms with Crippen molar-refractivity contribution < 1.29 is 31.1 Å². The van der Waals surface area contributed by atoms with Crippen molar-refractivity contribution in [3.8, 4) is 23.3 Å². The highest BCUT2D eigenvalue weighted by atomic mass is 32.2. The zero-order valence-corrected chi connectivity index (χ0v) is 48.0. The fourth-order valence-corrected chi connectivity index (χ4v) is 11.2. The number of carbonyl (C=O) groups excluding carboxylic acids is 1. The number of hydrogen-bond acceptors (Lipinski definition) is 13. The molecule has 19 heteroatoms. The zero-order chi connectivity index (χ0) is 58.0. The van der Waals surface area contributed by atoms with E-state index in [1.165, 1.54) is 12.7 Å². The summed E-state index contributed by atoms with van der Waals surface area (Å²) in [6, 6.07) is 41.6. The number of hydrogen-bond donors (Lipinski definition) is 2. The van der Waals surface area contributed by atoms with Crippen LogP contribution in [0.4, 0.5) is 11.4 Å². The Labute approximate surface area is 476 Å². The lowest BCUT2D eigenvalue weighted by molar-refractivity contribution is -0.120. The van der Waals surface area contributed by atoms with Crippen LogP contribution in [-0.4, -0.2) is 61.7 Å². The quantitative estimate of drug-likeness (QED) is 0.0819. The summed E-state index contributed by atoms with van der Waals surface area (Å²) >= 11 is 0. The van der Waals surface area contributed by atoms with Crippen LogP contribution in [0.5, 0.6) is 23.3 Å². The van der Waals surface area contributed by atoms with Crippen LogP contribution in [0, 0.1) is 0 Å². The standard InChI is InChI=1S/C63H60N10O7S2/c1-62(2,3)45-19-31-51(32-20-45)81(75,76)70-47-23-15-43(16-24-47)53(35-13-41-9-27-49(28-10-41)79-60-55-58(64-37-66-60)72(7)39-68-55)57(74)54(36-14-42-11-29-50(30-12-42)80-61-56-59(65-38-67-61)73(8)40-69-56)44-17-25-48(26-18-44)71-82(77,78)52-33-21-46(22-34-52)63(4,5)6/h9-40,53-54,70-71H,1-8H3/b35-13+,36-14+. The number of sulfonamides is 2. The van der Waals surface area contributed by atoms with Gasteiger partial charge in [-0.15, -0.1) is 0 Å². The first-order valence-electron chi connectivity index (χ1n) is 26.2. The van der Waals surface area contributed by atoms with Gasteiger partial charge in [0, 0.05) is 25.5 Å². The number of allylic oxidation sites excluding steroid dienone is 2. The van der Waals surface area contributed by atoms with E-state index in [-0.39, 0.29) is 26.4 Å². The van der Waals surface area contributed by atoms with Crippen LogP contribution < -0.4 is 18.9 Å². The first kappa shape index (κ1) is 56.0. The summed E-state index contributed by atoms with van der Waals surface area (Å²) < 4.78 is 75.9. The number of ketones is 1. The molecular weight excluding hydrogens is 1070 g/mol. The summed E-state index contributed by atoms with van der Waals surface area (Å²) in [5.74, 6) is -0.423. The summed E-state index contributed by atoms with van der Waals surface area (Å²) in [5.41, 5.74) is 7.22. The zero-order valence-electron chi connectivity index (χ0n) is 46.4. The molecule has 10 aromatic rings. The van der Waals surface area contributed by atoms with Gasteiger partial charge in [-0.1, -0.05) is 139 Å². The van der Waals surface area contributed by atoms with Crippen LogP contribution in [0.3, 0.4) is 0 Å². The molecule has 6 aromatic carbocycles. The smallest absolute Gasteiger partial charge is 0.261 e. The van der Waals surface area contributed by atoms with Gasteiger partial charge < -0.3 is 18.6 Å². The van der Waals surface area contributed by atoms with Gasteiger partial charge in [0.25, 0.3) is 31.8 Å². The summed E-state index contributed by atoms with van der Waals surface area (Å²) in [4.78, 5) is 41.8. The van der Waals surface area contributed by atoms with E-state index in [2.05, 4.69) is 80.9 Å². The number of anilines is 2. The lowest BCUT2D eigenvalue weighted by Gasteiger charge is -2.21. The summed E-state index contributed by atoms with van der Waals surface area (Å²) in [5, 5.41) is 0. The lowest BCUT2D eigenvalue weighted by atomic mass is 9.82. The molecule has 2 atom stereocenters. The predicted molar refractivity (Wildman–Crippen MR) is 319 cm³/mol. The van der Waals surface area contributed by atoms with Crippen molar-refractivity contribution in [2.75, 3.05) is 9.44 Å². The summed E-state index contributed by atoms with van der Waals surface area (Å²) in [6.45, 7) is 12.4. The number of nitrogens with zero attached hydrogens (tertiary/aromatic N) is 8. The molecule has 0 aliphatic rings. The minimum absolute atomic E-state index is 0.112. The molecule has 17 nitrogen and oxygen atoms in total. The van der Waals surface area contributed by atoms with E-state index in [0.717, 1.165) is 22.3 Å². The van der Waals surface area contributed by atoms with Gasteiger partial charge in [0.2, 0.25) is 0 Å². The Balaban J connectivity index is 0.978. The summed E-state index contributed by atoms with van der Waals surface area (Å²) in [7, 11) is -4.28. The molecule has 0 bridgehead atoms. The number of fused-ring (bicyclic) bond motifs is 2. The number of Topliss-reactive ketones (excluding diaryl/α,β-unsaturated/α-hetero) is 1. The topological polar surface area (TPSA) is 215 Å². The lowest BCUT2D eigenvalue weighted by Crippen LogP contribution is -2.19. The Hall–Kier alpha value is -9.33. The highest BCUT2D eigenvalue weighted by Crippen LogP contribution is 2.35. The molecule has 0 spiro atoms. The van der Waals surface area contributed by atoms with E-state index >= 15 is 4.79 Å². The molecular formula is C63H60N10O7S2. The third-order valence-corrected chi connectivity index (χ3v) is 16.6. The van der Waals surface area contributed by atoms with Crippen LogP contribution >= 0.6 is 0 Å². The average molecular weight is 1130 g/mol. The second-order valence-corrected chi connectivity index (χ2v) is 25.2. The normalized spacial score (nSPS) is 13.2. The monoisotopic (exact) mass is 1130 g/mol. The van der Waals surface area contributed by atoms with Gasteiger partial charge in [0.1, 0.15) is 24.2 Å². The van der Waals surface area contributed by atoms with Crippen molar-refractivity contribution in [1.82, 2.24) is 39.0 Å². The molecule has 82 heavy (non-hydrogen) atoms. The molecule has 0 aliphatic heterocycles. The molecule has 0 radical (unpaired) electrons. The van der Waals surface area contributed by atoms with E-state index in [1.807, 2.05) is 86.9 Å². The fourth-order valence-electron chi connectivity index (χ4n) is 9.08. The van der Waals surface area contributed by atoms with Gasteiger partial charge in [-0.25, -0.2) is 36.8 Å². The maximum absolute atomic E-state index is 15.6. The van der Waals surface area contributed by atoms with Crippen LogP contribution in [-0.2, 0) is 49.8 Å². The number of aromatic nitrogens is 8. The molecule has 10 rings (SSSR count). The number of imidazole rings is 2. The van der Waals surface area contributed by atoms with Crippen molar-refractivity contribution in [2.45, 2.75) is 74.0 Å². The van der Waals surface area contributed by atoms with Gasteiger partial charge >= 0.3 is 0 Å². The van der Waals surface area contributed by atoms with Crippen LogP contribution in [0.15, 0.2) is 193 Å². The third kappa shape index (κ3) is 12.7. The minimum Gasteiger partial charge on any atom is -0.437 e. The second-order valence-electron chi connectivity index (χ2n) is 21.8. The Kier molecular flexibility index (Phi) is 15.5. The molecule has 416 valence electrons. The van der Waals surface area contributed by atoms with E-state index in [9.17, 15) is 16.8 Å². The van der Waals surface area contributed by atoms with Crippen molar-refractivity contribution in [1.29, 1.82) is 0 Å². The first-order chi connectivity index (χ1) is 39.1. The fraction of sp³-hybridized carbons (Fsp3) is 0.190. The maximum Gasteiger partial charge on any atom is 0.261 e. The number of carbonyl (C=O) groups is 1. The molecule has 2 N–H and O–H groups in total. The molecule has 0 fully saturated rings. The van der Waals surface area contributed by atoms with Crippen LogP contribution in [0.25, 0.3) is 34.5 Å². The number of nitrogens with one attached hydrogen (secondary N) is 2. The van der Waals surface area contributed by atoms with E-state index in [4.69, 9.17) is 9.47 Å². The highest BCUT2D eigenvalue weighted by molar-refractivity contribution is 7.93. The van der Waals surface area contributed by atoms with Crippen molar-refractivity contribution in [2.24, 2.45) is 14.1 Å². The molecule has 0 saturated carbocycles. The third-order valence-electron chi connectivity index (χ3n) is 13.8. The van der Waals surface area contributed by atoms with E-state index in [0.29, 0.717) is 68.1 Å². The van der Waals surface area contributed by atoms with Crippen molar-refractivity contribution >= 4 is 71.7 Å². The predicted octanol–water partition coefficient (Wildman–Crippen LogP) is 12.7. The molecule has 0 saturated heterocycles. The Morgan fingerprint density at radius 1 is 0.476 bits per heavy atom. The van der Waals surface area contributed by atoms with Gasteiger partial charge in [-0.05, 0) is 117 Å². The Bertz CT molecular complexity index is 3950. The van der Waals surface area contributed by atoms with Gasteiger partial charge in [0.05, 0.1) is 34.3 Å². The van der Waals surface area contributed by atoms with Crippen LogP contribution in [0.1, 0.15) is 86.8 Å². The van der Waals surface area contributed by atoms with E-state index < -0.39 is 31.9 Å². The molecule has 0 amide bonds. The number of ether oxygens (including phenoxy) is 2. The first-order valence-corrected chi connectivity index (χ1v) is 29.2. The maximum atomic E-state index is 15.6. The van der Waals surface area contributed by atoms with Crippen molar-refractivity contribution in [3.63, 3.8) is 0 Å². The number of rotatable bonds is 18. The minimum atomic E-state index is -3.97. The largest absolute Gasteiger partial charge is 0.437 e. The average Bonchev–Trinajstić information content (AvgIpc) is 4.10. The van der Waals surface area contributed by atoms with Gasteiger partial charge in [-0.2, -0.15) is 9.97 Å². The molecule has 4 heterocycles. The van der Waals surface area contributed by atoms with Crippen LogP contribution in [0.2, 0.25) is 0 Å². The number of benzene rings is 6. The highest BCUT2D eigenvalue weighted by Gasteiger charge is 2.28. The number of aryl methyl sites for hydroxylation is 2. The molecule has 4 aromatic heterocycles. The Morgan fingerprint density at radius 3 is 1.17 bits per heavy atom. The van der Waals surface area contributed by atoms with Gasteiger partial charge in [0.15, 0.2) is 28.1 Å². The molecule has 0 aliphatic carbocycles.